The topological polar surface area (TPSA) is 0 Å². The van der Waals surface area contributed by atoms with Gasteiger partial charge in [-0.25, -0.2) is 0 Å². The Morgan fingerprint density at radius 1 is 1.00 bits per heavy atom. The second-order valence-corrected chi connectivity index (χ2v) is 2.17. The Hall–Kier alpha value is 0.712. The van der Waals surface area contributed by atoms with Crippen LogP contribution >= 0.6 is 0 Å². The van der Waals surface area contributed by atoms with E-state index in [1.165, 1.54) is 0 Å². The van der Waals surface area contributed by atoms with Crippen LogP contribution in [0.1, 0.15) is 0 Å². The summed E-state index contributed by atoms with van der Waals surface area (Å²) in [4.78, 5) is 0. The third kappa shape index (κ3) is 15.7. The summed E-state index contributed by atoms with van der Waals surface area (Å²) in [6, 6.07) is 0. The molecule has 0 aromatic rings. The zero-order chi connectivity index (χ0) is 3.58. The second kappa shape index (κ2) is 1.98. The van der Waals surface area contributed by atoms with Gasteiger partial charge in [0, 0.05) is 0 Å². The molecule has 4 heteroatoms. The average Bonchev–Trinajstić information content (AvgIpc) is 0.811. The summed E-state index contributed by atoms with van der Waals surface area (Å²) in [6.07, 6.45) is 0. The summed E-state index contributed by atoms with van der Waals surface area (Å²) in [6.45, 7) is 0. The zero-order valence-electron chi connectivity index (χ0n) is 1.71. The van der Waals surface area contributed by atoms with E-state index in [4.69, 9.17) is 0 Å². The fourth-order valence-electron chi connectivity index (χ4n) is 0. The molecule has 4 heavy (non-hydrogen) atoms. The van der Waals surface area contributed by atoms with Crippen molar-refractivity contribution in [2.75, 3.05) is 0 Å². The monoisotopic (exact) mass is 262 g/mol. The summed E-state index contributed by atoms with van der Waals surface area (Å²) < 4.78 is 29.7. The molecular weight excluding hydrogens is 261 g/mol. The first-order chi connectivity index (χ1) is 1.73. The van der Waals surface area contributed by atoms with Crippen LogP contribution in [0.2, 0.25) is 0 Å². The molecule has 0 aromatic heterocycles. The zero-order valence-corrected chi connectivity index (χ0v) is 6.20. The molecule has 0 spiro atoms. The van der Waals surface area contributed by atoms with Gasteiger partial charge in [0.05, 0.1) is 0 Å². The van der Waals surface area contributed by atoms with E-state index in [2.05, 4.69) is 0 Å². The number of halogens is 3. The van der Waals surface area contributed by atoms with E-state index < -0.39 is 24.6 Å². The summed E-state index contributed by atoms with van der Waals surface area (Å²) >= 11 is -5.22. The van der Waals surface area contributed by atoms with Gasteiger partial charge >= 0.3 is 32.1 Å². The SMILES string of the molecule is [F][Tl]([F])[F]. The predicted molar refractivity (Wildman–Crippen MR) is 9.08 cm³/mol. The van der Waals surface area contributed by atoms with Gasteiger partial charge in [-0.05, 0) is 0 Å². The van der Waals surface area contributed by atoms with Crippen LogP contribution in [0.5, 0.6) is 0 Å². The molecule has 0 atom stereocenters. The van der Waals surface area contributed by atoms with E-state index in [1.807, 2.05) is 0 Å². The molecule has 0 saturated carbocycles. The van der Waals surface area contributed by atoms with Gasteiger partial charge < -0.3 is 0 Å². The van der Waals surface area contributed by atoms with Gasteiger partial charge in [-0.15, -0.1) is 0 Å². The molecule has 0 saturated heterocycles. The minimum absolute atomic E-state index is 5.22. The van der Waals surface area contributed by atoms with Gasteiger partial charge in [0.1, 0.15) is 0 Å². The molecular formula is F3Tl. The molecule has 0 nitrogen and oxygen atoms in total. The van der Waals surface area contributed by atoms with Crippen molar-refractivity contribution < 1.29 is 7.53 Å². The molecule has 24 valence electrons. The van der Waals surface area contributed by atoms with Gasteiger partial charge in [0.15, 0.2) is 0 Å². The number of hydrogen-bond acceptors (Lipinski definition) is 0. The molecule has 0 aliphatic carbocycles. The molecule has 0 heterocycles. The van der Waals surface area contributed by atoms with Crippen LogP contribution < -0.4 is 0 Å². The molecule has 0 bridgehead atoms. The Kier molecular flexibility index (Phi) is 2.33. The summed E-state index contributed by atoms with van der Waals surface area (Å²) in [7, 11) is 0. The van der Waals surface area contributed by atoms with E-state index >= 15 is 0 Å². The Balaban J connectivity index is 2.32. The normalized spacial score (nSPS) is 6.75. The van der Waals surface area contributed by atoms with Crippen molar-refractivity contribution in [2.45, 2.75) is 0 Å². The standard InChI is InChI=1S/3FH.Tl/h3*1H;/q;;;+3/p-3. The predicted octanol–water partition coefficient (Wildman–Crippen LogP) is 0.880. The average molecular weight is 261 g/mol. The van der Waals surface area contributed by atoms with Gasteiger partial charge in [-0.2, -0.15) is 0 Å². The Morgan fingerprint density at radius 3 is 1.00 bits per heavy atom. The summed E-state index contributed by atoms with van der Waals surface area (Å²) in [5.74, 6) is 0. The van der Waals surface area contributed by atoms with Gasteiger partial charge in [0.2, 0.25) is 0 Å². The first-order valence-corrected chi connectivity index (χ1v) is 5.74. The molecule has 0 amide bonds. The molecule has 0 rings (SSSR count). The van der Waals surface area contributed by atoms with E-state index in [-0.39, 0.29) is 0 Å². The van der Waals surface area contributed by atoms with Crippen LogP contribution in [0.3, 0.4) is 0 Å². The first kappa shape index (κ1) is 4.71. The van der Waals surface area contributed by atoms with Crippen LogP contribution in [-0.4, -0.2) is 24.6 Å². The van der Waals surface area contributed by atoms with Gasteiger partial charge in [0.25, 0.3) is 0 Å². The van der Waals surface area contributed by atoms with Crippen molar-refractivity contribution in [1.29, 1.82) is 0 Å². The Morgan fingerprint density at radius 2 is 1.00 bits per heavy atom. The third-order valence-electron chi connectivity index (χ3n) is 0. The van der Waals surface area contributed by atoms with Crippen LogP contribution in [0.4, 0.5) is 7.53 Å². The first-order valence-electron chi connectivity index (χ1n) is 0.655. The second-order valence-electron chi connectivity index (χ2n) is 0.247. The molecule has 0 radical (unpaired) electrons. The summed E-state index contributed by atoms with van der Waals surface area (Å²) in [5.41, 5.74) is 0. The van der Waals surface area contributed by atoms with Crippen molar-refractivity contribution in [3.63, 3.8) is 0 Å². The van der Waals surface area contributed by atoms with Gasteiger partial charge in [-0.3, -0.25) is 0 Å². The molecule has 0 aliphatic heterocycles. The summed E-state index contributed by atoms with van der Waals surface area (Å²) in [5, 5.41) is 0. The van der Waals surface area contributed by atoms with E-state index in [0.29, 0.717) is 0 Å². The van der Waals surface area contributed by atoms with Gasteiger partial charge in [-0.1, -0.05) is 0 Å². The Bertz CT molecular complexity index is 8.00. The van der Waals surface area contributed by atoms with E-state index in [1.54, 1.807) is 0 Å². The fraction of sp³-hybridized carbons (Fsp3) is 0. The van der Waals surface area contributed by atoms with Crippen LogP contribution in [0, 0.1) is 0 Å². The van der Waals surface area contributed by atoms with Crippen LogP contribution in [0.25, 0.3) is 0 Å². The van der Waals surface area contributed by atoms with E-state index in [9.17, 15) is 7.53 Å². The molecule has 0 fully saturated rings. The van der Waals surface area contributed by atoms with Crippen molar-refractivity contribution in [1.82, 2.24) is 0 Å². The quantitative estimate of drug-likeness (QED) is 0.568. The molecule has 0 aromatic carbocycles. The van der Waals surface area contributed by atoms with Crippen LogP contribution in [0.15, 0.2) is 0 Å². The maximum absolute atomic E-state index is 9.89. The minimum atomic E-state index is -5.22. The van der Waals surface area contributed by atoms with Crippen molar-refractivity contribution in [3.8, 4) is 0 Å². The molecule has 0 unspecified atom stereocenters. The Labute approximate surface area is 32.5 Å². The maximum atomic E-state index is 9.89. The third-order valence-corrected chi connectivity index (χ3v) is 0. The van der Waals surface area contributed by atoms with Crippen molar-refractivity contribution in [3.05, 3.63) is 0 Å². The number of rotatable bonds is 0. The van der Waals surface area contributed by atoms with Crippen LogP contribution in [-0.2, 0) is 0 Å². The molecule has 0 N–H and O–H groups in total. The molecule has 0 aliphatic rings. The van der Waals surface area contributed by atoms with Crippen molar-refractivity contribution >= 4 is 24.6 Å². The number of hydrogen-bond donors (Lipinski definition) is 0. The van der Waals surface area contributed by atoms with E-state index in [0.717, 1.165) is 0 Å². The van der Waals surface area contributed by atoms with Crippen molar-refractivity contribution in [2.24, 2.45) is 0 Å². The fourth-order valence-corrected chi connectivity index (χ4v) is 0.